The first-order chi connectivity index (χ1) is 21.1. The number of benzene rings is 3. The lowest BCUT2D eigenvalue weighted by atomic mass is 9.74. The molecule has 0 N–H and O–H groups in total. The topological polar surface area (TPSA) is 31.4 Å². The van der Waals surface area contributed by atoms with Crippen LogP contribution >= 0.6 is 0 Å². The monoisotopic (exact) mass is 563 g/mol. The second-order valence-electron chi connectivity index (χ2n) is 14.6. The van der Waals surface area contributed by atoms with Crippen LogP contribution in [0.1, 0.15) is 91.4 Å². The molecule has 0 aliphatic carbocycles. The minimum atomic E-state index is -2.34. The van der Waals surface area contributed by atoms with Gasteiger partial charge in [0.15, 0.2) is 0 Å². The van der Waals surface area contributed by atoms with Crippen LogP contribution in [0, 0.1) is 6.85 Å². The number of pyridine rings is 1. The Morgan fingerprint density at radius 2 is 1.31 bits per heavy atom. The van der Waals surface area contributed by atoms with Crippen LogP contribution in [0.2, 0.25) is 0 Å². The summed E-state index contributed by atoms with van der Waals surface area (Å²) >= 11 is 0. The van der Waals surface area contributed by atoms with Gasteiger partial charge >= 0.3 is 7.12 Å². The fourth-order valence-electron chi connectivity index (χ4n) is 5.11. The summed E-state index contributed by atoms with van der Waals surface area (Å²) in [6.07, 6.45) is 1.82. The molecule has 4 heteroatoms. The summed E-state index contributed by atoms with van der Waals surface area (Å²) in [6, 6.07) is 22.1. The van der Waals surface area contributed by atoms with Gasteiger partial charge in [0, 0.05) is 15.9 Å². The molecule has 2 heterocycles. The van der Waals surface area contributed by atoms with Gasteiger partial charge < -0.3 is 9.31 Å². The average Bonchev–Trinajstić information content (AvgIpc) is 3.17. The Kier molecular flexibility index (Phi) is 6.33. The fourth-order valence-corrected chi connectivity index (χ4v) is 5.11. The molecule has 0 atom stereocenters. The van der Waals surface area contributed by atoms with Crippen molar-refractivity contribution in [2.75, 3.05) is 0 Å². The molecule has 0 unspecified atom stereocenters. The quantitative estimate of drug-likeness (QED) is 0.232. The highest BCUT2D eigenvalue weighted by molar-refractivity contribution is 6.62. The van der Waals surface area contributed by atoms with E-state index in [2.05, 4.69) is 72.7 Å². The van der Waals surface area contributed by atoms with Gasteiger partial charge in [0.25, 0.3) is 0 Å². The van der Waals surface area contributed by atoms with Gasteiger partial charge in [-0.2, -0.15) is 0 Å². The predicted molar refractivity (Wildman–Crippen MR) is 178 cm³/mol. The van der Waals surface area contributed by atoms with Crippen LogP contribution in [-0.2, 0) is 20.1 Å². The molecule has 1 saturated heterocycles. The second kappa shape index (κ2) is 10.5. The molecule has 4 aromatic rings. The molecule has 0 saturated carbocycles. The number of rotatable bonds is 4. The Morgan fingerprint density at radius 3 is 1.90 bits per heavy atom. The molecule has 0 radical (unpaired) electrons. The zero-order valence-electron chi connectivity index (χ0n) is 30.8. The van der Waals surface area contributed by atoms with Crippen LogP contribution in [0.4, 0.5) is 0 Å². The highest BCUT2D eigenvalue weighted by atomic mass is 16.7. The fraction of sp³-hybridized carbons (Fsp3) is 0.395. The molecule has 1 aromatic heterocycles. The molecule has 3 aromatic carbocycles. The van der Waals surface area contributed by atoms with Crippen LogP contribution < -0.4 is 5.46 Å². The van der Waals surface area contributed by atoms with Crippen molar-refractivity contribution in [2.45, 2.75) is 98.1 Å². The third-order valence-corrected chi connectivity index (χ3v) is 8.72. The highest BCUT2D eigenvalue weighted by Crippen LogP contribution is 2.38. The molecule has 218 valence electrons. The predicted octanol–water partition coefficient (Wildman–Crippen LogP) is 9.29. The Bertz CT molecular complexity index is 1750. The minimum absolute atomic E-state index is 0.1000. The largest absolute Gasteiger partial charge is 0.494 e. The minimum Gasteiger partial charge on any atom is -0.399 e. The molecular weight excluding hydrogens is 513 g/mol. The van der Waals surface area contributed by atoms with Crippen molar-refractivity contribution < 1.29 is 14.8 Å². The van der Waals surface area contributed by atoms with Gasteiger partial charge in [0.05, 0.1) is 18.3 Å². The van der Waals surface area contributed by atoms with Gasteiger partial charge in [-0.3, -0.25) is 4.98 Å². The van der Waals surface area contributed by atoms with E-state index in [9.17, 15) is 0 Å². The second-order valence-corrected chi connectivity index (χ2v) is 14.6. The Balaban J connectivity index is 1.53. The molecular formula is C38H46BNO2. The Labute approximate surface area is 259 Å². The molecule has 42 heavy (non-hydrogen) atoms. The summed E-state index contributed by atoms with van der Waals surface area (Å²) in [5.41, 5.74) is 6.85. The van der Waals surface area contributed by atoms with E-state index >= 15 is 0 Å². The van der Waals surface area contributed by atoms with E-state index in [1.807, 2.05) is 57.3 Å². The van der Waals surface area contributed by atoms with Crippen molar-refractivity contribution in [3.8, 4) is 33.5 Å². The summed E-state index contributed by atoms with van der Waals surface area (Å²) in [4.78, 5) is 4.76. The Hall–Kier alpha value is -3.21. The standard InChI is InChI=1S/C38H46BNO2/c1-25-20-30(35(2,3)4)16-17-33(25)27-14-12-26(13-15-27)28-18-19-40-34(23-28)29-21-31(36(5,6)7)24-32(22-29)39-41-37(8,9)38(10,11)42-39/h12-24H,1-11H3/i1D3,17D. The summed E-state index contributed by atoms with van der Waals surface area (Å²) in [7, 11) is -0.485. The highest BCUT2D eigenvalue weighted by Gasteiger charge is 2.51. The van der Waals surface area contributed by atoms with Crippen molar-refractivity contribution in [1.29, 1.82) is 0 Å². The van der Waals surface area contributed by atoms with Crippen LogP contribution in [0.25, 0.3) is 33.5 Å². The molecule has 1 aliphatic rings. The van der Waals surface area contributed by atoms with Gasteiger partial charge in [0.1, 0.15) is 0 Å². The van der Waals surface area contributed by atoms with Crippen molar-refractivity contribution in [2.24, 2.45) is 0 Å². The van der Waals surface area contributed by atoms with Gasteiger partial charge in [-0.05, 0) is 108 Å². The first-order valence-corrected chi connectivity index (χ1v) is 14.8. The maximum Gasteiger partial charge on any atom is 0.494 e. The van der Waals surface area contributed by atoms with Gasteiger partial charge in [0.2, 0.25) is 0 Å². The van der Waals surface area contributed by atoms with Crippen LogP contribution in [0.15, 0.2) is 79.0 Å². The third kappa shape index (κ3) is 5.98. The number of hydrogen-bond donors (Lipinski definition) is 0. The third-order valence-electron chi connectivity index (χ3n) is 8.72. The smallest absolute Gasteiger partial charge is 0.399 e. The van der Waals surface area contributed by atoms with E-state index in [1.165, 1.54) is 5.56 Å². The van der Waals surface area contributed by atoms with Gasteiger partial charge in [-0.25, -0.2) is 0 Å². The summed E-state index contributed by atoms with van der Waals surface area (Å²) < 4.78 is 46.3. The first-order valence-electron chi connectivity index (χ1n) is 16.8. The van der Waals surface area contributed by atoms with Crippen LogP contribution in [0.3, 0.4) is 0 Å². The van der Waals surface area contributed by atoms with Crippen molar-refractivity contribution >= 4 is 12.6 Å². The zero-order valence-corrected chi connectivity index (χ0v) is 26.8. The first kappa shape index (κ1) is 25.3. The number of nitrogens with zero attached hydrogens (tertiary/aromatic N) is 1. The van der Waals surface area contributed by atoms with Crippen LogP contribution in [-0.4, -0.2) is 23.3 Å². The van der Waals surface area contributed by atoms with Crippen molar-refractivity contribution in [3.05, 3.63) is 95.7 Å². The Morgan fingerprint density at radius 1 is 0.690 bits per heavy atom. The normalized spacial score (nSPS) is 18.3. The molecule has 0 spiro atoms. The van der Waals surface area contributed by atoms with Crippen molar-refractivity contribution in [3.63, 3.8) is 0 Å². The van der Waals surface area contributed by atoms with E-state index in [-0.39, 0.29) is 22.4 Å². The molecule has 3 nitrogen and oxygen atoms in total. The van der Waals surface area contributed by atoms with E-state index in [0.29, 0.717) is 11.1 Å². The molecule has 1 fully saturated rings. The van der Waals surface area contributed by atoms with Crippen molar-refractivity contribution in [1.82, 2.24) is 4.98 Å². The van der Waals surface area contributed by atoms with Crippen LogP contribution in [0.5, 0.6) is 0 Å². The maximum atomic E-state index is 8.80. The number of aryl methyl sites for hydroxylation is 1. The SMILES string of the molecule is [2H]c1cc(C(C)(C)C)cc(C([2H])([2H])[2H])c1-c1ccc(-c2ccnc(-c3cc(B4OC(C)(C)C(C)(C)O4)cc(C(C)(C)C)c3)c2)cc1. The van der Waals surface area contributed by atoms with Gasteiger partial charge in [-0.1, -0.05) is 96.1 Å². The molecule has 0 amide bonds. The number of aromatic nitrogens is 1. The summed E-state index contributed by atoms with van der Waals surface area (Å²) in [5.74, 6) is 0. The summed E-state index contributed by atoms with van der Waals surface area (Å²) in [6.45, 7) is 18.6. The van der Waals surface area contributed by atoms with E-state index in [0.717, 1.165) is 33.4 Å². The van der Waals surface area contributed by atoms with E-state index in [4.69, 9.17) is 19.8 Å². The molecule has 1 aliphatic heterocycles. The maximum absolute atomic E-state index is 8.80. The zero-order chi connectivity index (χ0) is 34.0. The molecule has 0 bridgehead atoms. The molecule has 5 rings (SSSR count). The van der Waals surface area contributed by atoms with E-state index < -0.39 is 25.2 Å². The summed E-state index contributed by atoms with van der Waals surface area (Å²) in [5, 5.41) is 0. The lowest BCUT2D eigenvalue weighted by molar-refractivity contribution is 0.00578. The number of hydrogen-bond acceptors (Lipinski definition) is 3. The lowest BCUT2D eigenvalue weighted by Gasteiger charge is -2.32. The average molecular weight is 564 g/mol. The van der Waals surface area contributed by atoms with E-state index in [1.54, 1.807) is 12.1 Å². The van der Waals surface area contributed by atoms with Gasteiger partial charge in [-0.15, -0.1) is 0 Å². The lowest BCUT2D eigenvalue weighted by Crippen LogP contribution is -2.41.